The second-order valence-corrected chi connectivity index (χ2v) is 6.84. The minimum Gasteiger partial charge on any atom is -0.317 e. The highest BCUT2D eigenvalue weighted by atomic mass is 32.2. The molecule has 0 amide bonds. The average Bonchev–Trinajstić information content (AvgIpc) is 2.34. The number of nitrogens with zero attached hydrogens (tertiary/aromatic N) is 2. The topological polar surface area (TPSA) is 64.7 Å². The first-order valence-electron chi connectivity index (χ1n) is 6.96. The predicted octanol–water partition coefficient (Wildman–Crippen LogP) is 0.0940. The maximum atomic E-state index is 11.9. The molecule has 0 fully saturated rings. The van der Waals surface area contributed by atoms with E-state index >= 15 is 0 Å². The Kier molecular flexibility index (Phi) is 10.4. The van der Waals surface area contributed by atoms with Crippen LogP contribution in [0.2, 0.25) is 0 Å². The van der Waals surface area contributed by atoms with E-state index in [1.165, 1.54) is 4.31 Å². The molecule has 0 aliphatic heterocycles. The molecule has 0 spiro atoms. The zero-order valence-electron chi connectivity index (χ0n) is 12.8. The average molecular weight is 294 g/mol. The van der Waals surface area contributed by atoms with Crippen LogP contribution in [0.5, 0.6) is 0 Å². The molecule has 116 valence electrons. The Labute approximate surface area is 118 Å². The summed E-state index contributed by atoms with van der Waals surface area (Å²) in [7, 11) is 2.26. The molecule has 0 unspecified atom stereocenters. The molecule has 19 heavy (non-hydrogen) atoms. The standard InChI is InChI=1S/C12H30N4O2S/c1-5-8-13-9-6-12-16(4)19(17,18)14-10-7-11-15(2)3/h13-14H,5-12H2,1-4H3. The lowest BCUT2D eigenvalue weighted by Gasteiger charge is -2.18. The fourth-order valence-corrected chi connectivity index (χ4v) is 2.55. The van der Waals surface area contributed by atoms with Gasteiger partial charge in [0.2, 0.25) is 0 Å². The largest absolute Gasteiger partial charge is 0.317 e. The zero-order chi connectivity index (χ0) is 14.7. The first-order chi connectivity index (χ1) is 8.90. The summed E-state index contributed by atoms with van der Waals surface area (Å²) in [6, 6.07) is 0. The second kappa shape index (κ2) is 10.6. The van der Waals surface area contributed by atoms with Crippen molar-refractivity contribution in [2.24, 2.45) is 0 Å². The molecular weight excluding hydrogens is 264 g/mol. The number of hydrogen-bond donors (Lipinski definition) is 2. The van der Waals surface area contributed by atoms with Crippen molar-refractivity contribution in [2.75, 3.05) is 53.9 Å². The van der Waals surface area contributed by atoms with Crippen LogP contribution in [0.1, 0.15) is 26.2 Å². The molecule has 0 atom stereocenters. The summed E-state index contributed by atoms with van der Waals surface area (Å²) >= 11 is 0. The maximum absolute atomic E-state index is 11.9. The molecule has 0 radical (unpaired) electrons. The van der Waals surface area contributed by atoms with Crippen molar-refractivity contribution in [1.29, 1.82) is 0 Å². The van der Waals surface area contributed by atoms with E-state index in [-0.39, 0.29) is 0 Å². The van der Waals surface area contributed by atoms with E-state index in [0.29, 0.717) is 13.1 Å². The minimum atomic E-state index is -3.31. The van der Waals surface area contributed by atoms with Crippen LogP contribution in [0, 0.1) is 0 Å². The Morgan fingerprint density at radius 3 is 2.16 bits per heavy atom. The third kappa shape index (κ3) is 10.3. The molecule has 0 rings (SSSR count). The highest BCUT2D eigenvalue weighted by Crippen LogP contribution is 1.96. The van der Waals surface area contributed by atoms with E-state index in [2.05, 4.69) is 17.0 Å². The van der Waals surface area contributed by atoms with E-state index in [4.69, 9.17) is 0 Å². The van der Waals surface area contributed by atoms with Gasteiger partial charge in [0.05, 0.1) is 0 Å². The van der Waals surface area contributed by atoms with Crippen LogP contribution < -0.4 is 10.0 Å². The molecule has 0 aromatic heterocycles. The normalized spacial score (nSPS) is 12.5. The van der Waals surface area contributed by atoms with E-state index in [9.17, 15) is 8.42 Å². The molecule has 0 saturated carbocycles. The molecule has 0 aromatic rings. The highest BCUT2D eigenvalue weighted by molar-refractivity contribution is 7.87. The minimum absolute atomic E-state index is 0.485. The lowest BCUT2D eigenvalue weighted by atomic mass is 10.4. The van der Waals surface area contributed by atoms with Crippen LogP contribution in [0.15, 0.2) is 0 Å². The summed E-state index contributed by atoms with van der Waals surface area (Å²) in [5.74, 6) is 0. The number of hydrogen-bond acceptors (Lipinski definition) is 4. The van der Waals surface area contributed by atoms with Crippen molar-refractivity contribution < 1.29 is 8.42 Å². The number of rotatable bonds is 12. The second-order valence-electron chi connectivity index (χ2n) is 4.98. The van der Waals surface area contributed by atoms with Gasteiger partial charge in [-0.2, -0.15) is 12.7 Å². The van der Waals surface area contributed by atoms with Crippen LogP contribution in [-0.4, -0.2) is 71.5 Å². The molecular formula is C12H30N4O2S. The van der Waals surface area contributed by atoms with Gasteiger partial charge in [-0.25, -0.2) is 4.72 Å². The fraction of sp³-hybridized carbons (Fsp3) is 1.00. The van der Waals surface area contributed by atoms with Crippen LogP contribution >= 0.6 is 0 Å². The molecule has 6 nitrogen and oxygen atoms in total. The molecule has 0 heterocycles. The lowest BCUT2D eigenvalue weighted by Crippen LogP contribution is -2.40. The summed E-state index contributed by atoms with van der Waals surface area (Å²) in [5.41, 5.74) is 0. The Balaban J connectivity index is 3.78. The first-order valence-corrected chi connectivity index (χ1v) is 8.40. The Morgan fingerprint density at radius 2 is 1.58 bits per heavy atom. The van der Waals surface area contributed by atoms with Crippen molar-refractivity contribution in [3.63, 3.8) is 0 Å². The van der Waals surface area contributed by atoms with Gasteiger partial charge in [0.15, 0.2) is 0 Å². The van der Waals surface area contributed by atoms with Crippen LogP contribution in [0.25, 0.3) is 0 Å². The molecule has 0 bridgehead atoms. The van der Waals surface area contributed by atoms with Gasteiger partial charge in [-0.05, 0) is 53.0 Å². The molecule has 0 saturated heterocycles. The van der Waals surface area contributed by atoms with E-state index in [1.54, 1.807) is 7.05 Å². The molecule has 0 aliphatic rings. The smallest absolute Gasteiger partial charge is 0.279 e. The van der Waals surface area contributed by atoms with Gasteiger partial charge in [0, 0.05) is 20.1 Å². The Bertz CT molecular complexity index is 307. The van der Waals surface area contributed by atoms with Gasteiger partial charge in [0.1, 0.15) is 0 Å². The van der Waals surface area contributed by atoms with Gasteiger partial charge < -0.3 is 10.2 Å². The van der Waals surface area contributed by atoms with Crippen molar-refractivity contribution in [3.8, 4) is 0 Å². The van der Waals surface area contributed by atoms with Crippen molar-refractivity contribution >= 4 is 10.2 Å². The monoisotopic (exact) mass is 294 g/mol. The van der Waals surface area contributed by atoms with Crippen LogP contribution in [-0.2, 0) is 10.2 Å². The van der Waals surface area contributed by atoms with Gasteiger partial charge in [0.25, 0.3) is 10.2 Å². The highest BCUT2D eigenvalue weighted by Gasteiger charge is 2.15. The lowest BCUT2D eigenvalue weighted by molar-refractivity contribution is 0.396. The summed E-state index contributed by atoms with van der Waals surface area (Å²) in [6.45, 7) is 5.86. The van der Waals surface area contributed by atoms with E-state index in [0.717, 1.165) is 38.9 Å². The Morgan fingerprint density at radius 1 is 0.947 bits per heavy atom. The SMILES string of the molecule is CCCNCCCN(C)S(=O)(=O)NCCCN(C)C. The van der Waals surface area contributed by atoms with E-state index < -0.39 is 10.2 Å². The fourth-order valence-electron chi connectivity index (χ4n) is 1.56. The van der Waals surface area contributed by atoms with Crippen LogP contribution in [0.4, 0.5) is 0 Å². The first kappa shape index (κ1) is 18.8. The van der Waals surface area contributed by atoms with E-state index in [1.807, 2.05) is 19.0 Å². The zero-order valence-corrected chi connectivity index (χ0v) is 13.6. The van der Waals surface area contributed by atoms with Crippen LogP contribution in [0.3, 0.4) is 0 Å². The predicted molar refractivity (Wildman–Crippen MR) is 80.5 cm³/mol. The quantitative estimate of drug-likeness (QED) is 0.501. The third-order valence-electron chi connectivity index (χ3n) is 2.73. The van der Waals surface area contributed by atoms with Crippen molar-refractivity contribution in [2.45, 2.75) is 26.2 Å². The Hall–Kier alpha value is -0.210. The van der Waals surface area contributed by atoms with Crippen molar-refractivity contribution in [1.82, 2.24) is 19.2 Å². The van der Waals surface area contributed by atoms with Gasteiger partial charge in [-0.3, -0.25) is 0 Å². The molecule has 7 heteroatoms. The summed E-state index contributed by atoms with van der Waals surface area (Å²) in [6.07, 6.45) is 2.74. The molecule has 2 N–H and O–H groups in total. The van der Waals surface area contributed by atoms with Gasteiger partial charge >= 0.3 is 0 Å². The third-order valence-corrected chi connectivity index (χ3v) is 4.30. The number of nitrogens with one attached hydrogen (secondary N) is 2. The van der Waals surface area contributed by atoms with Gasteiger partial charge in [-0.15, -0.1) is 0 Å². The summed E-state index contributed by atoms with van der Waals surface area (Å²) in [5, 5.41) is 3.26. The maximum Gasteiger partial charge on any atom is 0.279 e. The summed E-state index contributed by atoms with van der Waals surface area (Å²) in [4.78, 5) is 2.04. The molecule has 0 aromatic carbocycles. The van der Waals surface area contributed by atoms with Crippen molar-refractivity contribution in [3.05, 3.63) is 0 Å². The molecule has 0 aliphatic carbocycles. The van der Waals surface area contributed by atoms with Gasteiger partial charge in [-0.1, -0.05) is 6.92 Å². The summed E-state index contributed by atoms with van der Waals surface area (Å²) < 4.78 is 27.8.